The third-order valence-corrected chi connectivity index (χ3v) is 13.4. The van der Waals surface area contributed by atoms with Gasteiger partial charge in [0.05, 0.1) is 5.69 Å². The largest absolute Gasteiger partial charge is 0.310 e. The van der Waals surface area contributed by atoms with Crippen LogP contribution >= 0.6 is 0 Å². The molecule has 2 aliphatic carbocycles. The van der Waals surface area contributed by atoms with Crippen molar-refractivity contribution in [2.45, 2.75) is 31.6 Å². The third kappa shape index (κ3) is 5.53. The second kappa shape index (κ2) is 14.0. The van der Waals surface area contributed by atoms with Crippen molar-refractivity contribution in [3.63, 3.8) is 0 Å². The SMILES string of the molecule is CC1(C)c2ccccc2-c2cccc(-c3ccc(N(c4ccc5c(c4)C(C)(c4ccccc4)c4ccccc4-5)c4ccccc4-c4ccc(-c5ccccc5)cc4)cc3)c21. The minimum Gasteiger partial charge on any atom is -0.310 e. The number of hydrogen-bond acceptors (Lipinski definition) is 1. The van der Waals surface area contributed by atoms with Crippen LogP contribution in [0.4, 0.5) is 17.1 Å². The standard InChI is InChI=1S/C59H45N/c1-58(2)53-26-13-10-23-50(53)52-25-16-24-48(57(52)58)43-33-35-45(36-34-43)60(56-28-15-12-21-47(56)42-31-29-41(30-32-42)40-17-6-4-7-18-40)46-37-38-51-49-22-11-14-27-54(49)59(3,55(51)39-46)44-19-8-5-9-20-44/h4-39H,1-3H3. The lowest BCUT2D eigenvalue weighted by atomic mass is 9.74. The van der Waals surface area contributed by atoms with E-state index >= 15 is 0 Å². The van der Waals surface area contributed by atoms with Crippen LogP contribution in [-0.4, -0.2) is 0 Å². The average Bonchev–Trinajstić information content (AvgIpc) is 3.71. The molecule has 9 aromatic carbocycles. The van der Waals surface area contributed by atoms with Crippen LogP contribution in [0.2, 0.25) is 0 Å². The Bertz CT molecular complexity index is 3050. The van der Waals surface area contributed by atoms with E-state index in [0.29, 0.717) is 0 Å². The number of para-hydroxylation sites is 1. The van der Waals surface area contributed by atoms with E-state index < -0.39 is 0 Å². The Morgan fingerprint density at radius 3 is 1.53 bits per heavy atom. The first-order chi connectivity index (χ1) is 29.4. The minimum atomic E-state index is -0.316. The van der Waals surface area contributed by atoms with Gasteiger partial charge < -0.3 is 4.90 Å². The lowest BCUT2D eigenvalue weighted by molar-refractivity contribution is 0.662. The summed E-state index contributed by atoms with van der Waals surface area (Å²) in [5.74, 6) is 0. The summed E-state index contributed by atoms with van der Waals surface area (Å²) < 4.78 is 0. The molecule has 0 radical (unpaired) electrons. The first-order valence-electron chi connectivity index (χ1n) is 21.1. The first kappa shape index (κ1) is 35.9. The van der Waals surface area contributed by atoms with Crippen LogP contribution in [0.5, 0.6) is 0 Å². The molecule has 0 bridgehead atoms. The first-order valence-corrected chi connectivity index (χ1v) is 21.1. The topological polar surface area (TPSA) is 3.24 Å². The summed E-state index contributed by atoms with van der Waals surface area (Å²) in [7, 11) is 0. The van der Waals surface area contributed by atoms with Gasteiger partial charge in [-0.1, -0.05) is 202 Å². The van der Waals surface area contributed by atoms with Crippen molar-refractivity contribution in [1.29, 1.82) is 0 Å². The number of fused-ring (bicyclic) bond motifs is 6. The van der Waals surface area contributed by atoms with E-state index in [4.69, 9.17) is 0 Å². The normalized spacial score (nSPS) is 15.4. The lowest BCUT2D eigenvalue weighted by Crippen LogP contribution is -2.22. The Balaban J connectivity index is 1.08. The van der Waals surface area contributed by atoms with Gasteiger partial charge in [0.1, 0.15) is 0 Å². The number of nitrogens with zero attached hydrogens (tertiary/aromatic N) is 1. The van der Waals surface area contributed by atoms with Gasteiger partial charge in [0, 0.05) is 27.8 Å². The Labute approximate surface area is 353 Å². The minimum absolute atomic E-state index is 0.102. The number of anilines is 3. The zero-order valence-electron chi connectivity index (χ0n) is 34.2. The zero-order valence-corrected chi connectivity index (χ0v) is 34.2. The molecule has 0 fully saturated rings. The molecule has 0 aliphatic heterocycles. The van der Waals surface area contributed by atoms with E-state index in [1.807, 2.05) is 0 Å². The monoisotopic (exact) mass is 767 g/mol. The summed E-state index contributed by atoms with van der Waals surface area (Å²) in [6.45, 7) is 7.14. The van der Waals surface area contributed by atoms with Crippen molar-refractivity contribution in [3.8, 4) is 55.6 Å². The summed E-state index contributed by atoms with van der Waals surface area (Å²) >= 11 is 0. The second-order valence-corrected chi connectivity index (χ2v) is 17.0. The fourth-order valence-corrected chi connectivity index (χ4v) is 10.4. The van der Waals surface area contributed by atoms with Gasteiger partial charge >= 0.3 is 0 Å². The van der Waals surface area contributed by atoms with Crippen molar-refractivity contribution in [3.05, 3.63) is 246 Å². The Hall–Kier alpha value is -7.22. The third-order valence-electron chi connectivity index (χ3n) is 13.4. The van der Waals surface area contributed by atoms with Crippen LogP contribution in [0.25, 0.3) is 55.6 Å². The van der Waals surface area contributed by atoms with Gasteiger partial charge in [0.2, 0.25) is 0 Å². The highest BCUT2D eigenvalue weighted by Crippen LogP contribution is 2.55. The summed E-state index contributed by atoms with van der Waals surface area (Å²) in [4.78, 5) is 2.47. The highest BCUT2D eigenvalue weighted by Gasteiger charge is 2.41. The summed E-state index contributed by atoms with van der Waals surface area (Å²) in [6.07, 6.45) is 0. The molecule has 1 atom stereocenters. The summed E-state index contributed by atoms with van der Waals surface area (Å²) in [6, 6.07) is 80.6. The molecule has 0 aromatic heterocycles. The molecule has 1 heteroatoms. The molecule has 1 nitrogen and oxygen atoms in total. The number of benzene rings is 9. The number of hydrogen-bond donors (Lipinski definition) is 0. The van der Waals surface area contributed by atoms with E-state index in [0.717, 1.165) is 17.1 Å². The molecule has 0 heterocycles. The molecule has 9 aromatic rings. The van der Waals surface area contributed by atoms with E-state index in [1.165, 1.54) is 83.5 Å². The Morgan fingerprint density at radius 1 is 0.317 bits per heavy atom. The predicted molar refractivity (Wildman–Crippen MR) is 252 cm³/mol. The fraction of sp³-hybridized carbons (Fsp3) is 0.0847. The van der Waals surface area contributed by atoms with E-state index in [-0.39, 0.29) is 10.8 Å². The summed E-state index contributed by atoms with van der Waals surface area (Å²) in [5.41, 5.74) is 22.3. The van der Waals surface area contributed by atoms with Crippen molar-refractivity contribution in [2.24, 2.45) is 0 Å². The van der Waals surface area contributed by atoms with Gasteiger partial charge in [-0.25, -0.2) is 0 Å². The van der Waals surface area contributed by atoms with Gasteiger partial charge in [-0.2, -0.15) is 0 Å². The van der Waals surface area contributed by atoms with Crippen LogP contribution < -0.4 is 4.90 Å². The maximum Gasteiger partial charge on any atom is 0.0540 e. The molecule has 0 amide bonds. The summed E-state index contributed by atoms with van der Waals surface area (Å²) in [5, 5.41) is 0. The van der Waals surface area contributed by atoms with Crippen molar-refractivity contribution < 1.29 is 0 Å². The average molecular weight is 768 g/mol. The van der Waals surface area contributed by atoms with Crippen molar-refractivity contribution in [1.82, 2.24) is 0 Å². The highest BCUT2D eigenvalue weighted by molar-refractivity contribution is 5.93. The zero-order chi connectivity index (χ0) is 40.4. The Morgan fingerprint density at radius 2 is 0.800 bits per heavy atom. The second-order valence-electron chi connectivity index (χ2n) is 17.0. The van der Waals surface area contributed by atoms with E-state index in [1.54, 1.807) is 0 Å². The van der Waals surface area contributed by atoms with Crippen molar-refractivity contribution >= 4 is 17.1 Å². The molecule has 0 saturated heterocycles. The molecule has 0 N–H and O–H groups in total. The highest BCUT2D eigenvalue weighted by atomic mass is 15.1. The van der Waals surface area contributed by atoms with Crippen LogP contribution in [0.1, 0.15) is 48.6 Å². The molecule has 286 valence electrons. The van der Waals surface area contributed by atoms with Crippen LogP contribution in [0.15, 0.2) is 218 Å². The number of rotatable bonds is 7. The quantitative estimate of drug-likeness (QED) is 0.156. The molecule has 2 aliphatic rings. The predicted octanol–water partition coefficient (Wildman–Crippen LogP) is 15.8. The van der Waals surface area contributed by atoms with Gasteiger partial charge in [0.25, 0.3) is 0 Å². The van der Waals surface area contributed by atoms with Gasteiger partial charge in [-0.3, -0.25) is 0 Å². The maximum absolute atomic E-state index is 2.47. The van der Waals surface area contributed by atoms with Gasteiger partial charge in [-0.15, -0.1) is 0 Å². The molecule has 0 saturated carbocycles. The molecular weight excluding hydrogens is 723 g/mol. The van der Waals surface area contributed by atoms with Crippen LogP contribution in [-0.2, 0) is 10.8 Å². The lowest BCUT2D eigenvalue weighted by Gasteiger charge is -2.32. The van der Waals surface area contributed by atoms with Gasteiger partial charge in [0.15, 0.2) is 0 Å². The smallest absolute Gasteiger partial charge is 0.0540 e. The van der Waals surface area contributed by atoms with Gasteiger partial charge in [-0.05, 0) is 115 Å². The fourth-order valence-electron chi connectivity index (χ4n) is 10.4. The molecule has 1 unspecified atom stereocenters. The van der Waals surface area contributed by atoms with Crippen molar-refractivity contribution in [2.75, 3.05) is 4.90 Å². The molecule has 0 spiro atoms. The van der Waals surface area contributed by atoms with Crippen LogP contribution in [0.3, 0.4) is 0 Å². The van der Waals surface area contributed by atoms with E-state index in [2.05, 4.69) is 244 Å². The molecular formula is C59H45N. The molecule has 60 heavy (non-hydrogen) atoms. The Kier molecular flexibility index (Phi) is 8.36. The molecule has 11 rings (SSSR count). The van der Waals surface area contributed by atoms with E-state index in [9.17, 15) is 0 Å². The van der Waals surface area contributed by atoms with Crippen LogP contribution in [0, 0.1) is 0 Å². The maximum atomic E-state index is 2.47.